The molecule has 10 heteroatoms. The Morgan fingerprint density at radius 2 is 1.71 bits per heavy atom. The quantitative estimate of drug-likeness (QED) is 0.178. The van der Waals surface area contributed by atoms with Gasteiger partial charge in [-0.3, -0.25) is 0 Å². The molecule has 0 radical (unpaired) electrons. The molecule has 0 amide bonds. The first kappa shape index (κ1) is 29.0. The molecule has 0 aromatic heterocycles. The molecule has 6 aliphatic rings. The van der Waals surface area contributed by atoms with E-state index >= 15 is 0 Å². The largest absolute Gasteiger partial charge is 0.455 e. The van der Waals surface area contributed by atoms with Crippen molar-refractivity contribution in [2.45, 2.75) is 89.1 Å². The van der Waals surface area contributed by atoms with Crippen molar-refractivity contribution in [2.75, 3.05) is 20.2 Å². The number of aliphatic hydroxyl groups is 5. The number of nitrogens with zero attached hydrogens (tertiary/aromatic N) is 1. The van der Waals surface area contributed by atoms with E-state index in [4.69, 9.17) is 9.47 Å². The maximum atomic E-state index is 13.5. The molecular weight excluding hydrogens is 530 g/mol. The van der Waals surface area contributed by atoms with Gasteiger partial charge >= 0.3 is 11.9 Å². The van der Waals surface area contributed by atoms with Gasteiger partial charge in [-0.15, -0.1) is 0 Å². The molecule has 41 heavy (non-hydrogen) atoms. The van der Waals surface area contributed by atoms with Crippen molar-refractivity contribution >= 4 is 11.9 Å². The standard InChI is InChI=1S/C31H43NO9/c1-7-14(2)26(37)40-20-18-16(4)10-29-19(18)23-30(22(29)21(20)41-27(38)15(3)8-9-33)12-17(34)11-28(5,13-32(23)6)31(30,39)25(36)24(29)35/h7-8,17-25,33-36,39H,4,9-13H2,1-3,5-6H3/b14-7+,15-8+/t17-,18-,19-,20+,21+,22+,23+,24-,25-,28-,29-,30-,31-/m0/s1. The van der Waals surface area contributed by atoms with Crippen molar-refractivity contribution in [1.82, 2.24) is 4.90 Å². The van der Waals surface area contributed by atoms with Crippen LogP contribution in [0.2, 0.25) is 0 Å². The van der Waals surface area contributed by atoms with E-state index in [1.165, 1.54) is 13.0 Å². The summed E-state index contributed by atoms with van der Waals surface area (Å²) in [4.78, 5) is 28.9. The molecule has 6 bridgehead atoms. The molecule has 5 aliphatic carbocycles. The molecule has 0 aromatic rings. The van der Waals surface area contributed by atoms with Crippen LogP contribution in [-0.4, -0.2) is 105 Å². The predicted octanol–water partition coefficient (Wildman–Crippen LogP) is 0.465. The van der Waals surface area contributed by atoms with E-state index in [0.29, 0.717) is 18.5 Å². The SMILES string of the molecule is C=C1C[C@]23[C@H]4[C@H]1[C@@H](OC(=O)/C(C)=C/C)[C@@H](OC(=O)/C(C)=C/CO)[C@H]2[C@@]12C[C@@H](O)C[C@@](C)(CN(C)[C@H]41)[C@@]2(O)[C@@H](O)[C@@H]3O. The molecule has 6 fully saturated rings. The van der Waals surface area contributed by atoms with Gasteiger partial charge in [-0.1, -0.05) is 25.2 Å². The maximum Gasteiger partial charge on any atom is 0.333 e. The Morgan fingerprint density at radius 1 is 1.07 bits per heavy atom. The van der Waals surface area contributed by atoms with E-state index in [1.54, 1.807) is 19.9 Å². The molecule has 0 unspecified atom stereocenters. The molecule has 1 aliphatic heterocycles. The van der Waals surface area contributed by atoms with Gasteiger partial charge in [0, 0.05) is 51.8 Å². The average molecular weight is 574 g/mol. The Balaban J connectivity index is 1.63. The highest BCUT2D eigenvalue weighted by molar-refractivity contribution is 5.89. The molecule has 0 aromatic carbocycles. The Labute approximate surface area is 240 Å². The van der Waals surface area contributed by atoms with Crippen molar-refractivity contribution in [2.24, 2.45) is 34.0 Å². The van der Waals surface area contributed by atoms with Gasteiger partial charge < -0.3 is 39.9 Å². The summed E-state index contributed by atoms with van der Waals surface area (Å²) in [5, 5.41) is 57.7. The number of piperidine rings is 1. The third-order valence-electron chi connectivity index (χ3n) is 12.2. The van der Waals surface area contributed by atoms with Crippen molar-refractivity contribution in [1.29, 1.82) is 0 Å². The monoisotopic (exact) mass is 573 g/mol. The molecule has 2 spiro atoms. The Kier molecular flexibility index (Phi) is 6.35. The summed E-state index contributed by atoms with van der Waals surface area (Å²) >= 11 is 0. The molecular formula is C31H43NO9. The third kappa shape index (κ3) is 3.14. The van der Waals surface area contributed by atoms with Crippen LogP contribution in [0.4, 0.5) is 0 Å². The van der Waals surface area contributed by atoms with Gasteiger partial charge in [0.25, 0.3) is 0 Å². The van der Waals surface area contributed by atoms with E-state index in [2.05, 4.69) is 11.5 Å². The zero-order valence-corrected chi connectivity index (χ0v) is 24.4. The van der Waals surface area contributed by atoms with Crippen LogP contribution in [0.3, 0.4) is 0 Å². The average Bonchev–Trinajstić information content (AvgIpc) is 3.21. The molecule has 5 N–H and O–H groups in total. The maximum absolute atomic E-state index is 13.5. The van der Waals surface area contributed by atoms with Crippen molar-refractivity contribution in [3.05, 3.63) is 35.5 Å². The zero-order valence-electron chi connectivity index (χ0n) is 24.4. The number of carbonyl (C=O) groups is 2. The summed E-state index contributed by atoms with van der Waals surface area (Å²) in [6, 6.07) is -0.418. The van der Waals surface area contributed by atoms with E-state index in [1.807, 2.05) is 14.0 Å². The zero-order chi connectivity index (χ0) is 30.0. The van der Waals surface area contributed by atoms with E-state index in [0.717, 1.165) is 5.57 Å². The van der Waals surface area contributed by atoms with Crippen LogP contribution in [0.5, 0.6) is 0 Å². The Hall–Kier alpha value is -2.08. The lowest BCUT2D eigenvalue weighted by Gasteiger charge is -2.73. The molecule has 5 saturated carbocycles. The summed E-state index contributed by atoms with van der Waals surface area (Å²) in [7, 11) is 1.97. The normalized spacial score (nSPS) is 52.0. The van der Waals surface area contributed by atoms with Gasteiger partial charge in [-0.2, -0.15) is 0 Å². The Morgan fingerprint density at radius 3 is 2.34 bits per heavy atom. The van der Waals surface area contributed by atoms with Gasteiger partial charge in [0.1, 0.15) is 23.9 Å². The van der Waals surface area contributed by atoms with Crippen LogP contribution in [0.15, 0.2) is 35.5 Å². The van der Waals surface area contributed by atoms with Crippen LogP contribution >= 0.6 is 0 Å². The van der Waals surface area contributed by atoms with E-state index in [9.17, 15) is 35.1 Å². The second kappa shape index (κ2) is 8.97. The van der Waals surface area contributed by atoms with Crippen LogP contribution in [0.25, 0.3) is 0 Å². The van der Waals surface area contributed by atoms with Crippen LogP contribution < -0.4 is 0 Å². The molecule has 1 heterocycles. The topological polar surface area (TPSA) is 157 Å². The fourth-order valence-corrected chi connectivity index (χ4v) is 11.2. The number of hydrogen-bond acceptors (Lipinski definition) is 10. The summed E-state index contributed by atoms with van der Waals surface area (Å²) in [5.41, 5.74) is -3.74. The minimum absolute atomic E-state index is 0.133. The third-order valence-corrected chi connectivity index (χ3v) is 12.2. The first-order chi connectivity index (χ1) is 19.2. The van der Waals surface area contributed by atoms with Crippen molar-refractivity contribution < 1.29 is 44.6 Å². The number of likely N-dealkylation sites (tertiary alicyclic amines) is 1. The van der Waals surface area contributed by atoms with Crippen LogP contribution in [0, 0.1) is 34.0 Å². The van der Waals surface area contributed by atoms with Crippen LogP contribution in [0.1, 0.15) is 47.0 Å². The number of ether oxygens (including phenoxy) is 2. The minimum atomic E-state index is -1.82. The van der Waals surface area contributed by atoms with E-state index < -0.39 is 82.2 Å². The minimum Gasteiger partial charge on any atom is -0.455 e. The fraction of sp³-hybridized carbons (Fsp3) is 0.742. The summed E-state index contributed by atoms with van der Waals surface area (Å²) in [6.07, 6.45) is -2.11. The van der Waals surface area contributed by atoms with Crippen LogP contribution in [-0.2, 0) is 19.1 Å². The molecule has 6 rings (SSSR count). The Bertz CT molecular complexity index is 1260. The number of rotatable bonds is 5. The van der Waals surface area contributed by atoms with Gasteiger partial charge in [0.05, 0.1) is 18.8 Å². The van der Waals surface area contributed by atoms with E-state index in [-0.39, 0.29) is 30.9 Å². The van der Waals surface area contributed by atoms with Crippen molar-refractivity contribution in [3.8, 4) is 0 Å². The van der Waals surface area contributed by atoms with Crippen molar-refractivity contribution in [3.63, 3.8) is 0 Å². The first-order valence-corrected chi connectivity index (χ1v) is 14.6. The number of carbonyl (C=O) groups excluding carboxylic acids is 2. The highest BCUT2D eigenvalue weighted by Gasteiger charge is 2.93. The van der Waals surface area contributed by atoms with Gasteiger partial charge in [0.15, 0.2) is 0 Å². The molecule has 226 valence electrons. The summed E-state index contributed by atoms with van der Waals surface area (Å²) in [6.45, 7) is 11.1. The second-order valence-electron chi connectivity index (χ2n) is 13.9. The summed E-state index contributed by atoms with van der Waals surface area (Å²) in [5.74, 6) is -2.96. The highest BCUT2D eigenvalue weighted by atomic mass is 16.6. The predicted molar refractivity (Wildman–Crippen MR) is 146 cm³/mol. The fourth-order valence-electron chi connectivity index (χ4n) is 11.2. The number of hydrogen-bond donors (Lipinski definition) is 5. The smallest absolute Gasteiger partial charge is 0.333 e. The lowest BCUT2D eigenvalue weighted by Crippen LogP contribution is -2.84. The molecule has 13 atom stereocenters. The molecule has 10 nitrogen and oxygen atoms in total. The summed E-state index contributed by atoms with van der Waals surface area (Å²) < 4.78 is 12.4. The second-order valence-corrected chi connectivity index (χ2v) is 13.9. The first-order valence-electron chi connectivity index (χ1n) is 14.6. The van der Waals surface area contributed by atoms with Gasteiger partial charge in [-0.05, 0) is 59.1 Å². The van der Waals surface area contributed by atoms with Gasteiger partial charge in [-0.25, -0.2) is 9.59 Å². The van der Waals surface area contributed by atoms with Gasteiger partial charge in [0.2, 0.25) is 0 Å². The molecule has 1 saturated heterocycles. The number of esters is 2. The lowest BCUT2D eigenvalue weighted by molar-refractivity contribution is -0.361. The highest BCUT2D eigenvalue weighted by Crippen LogP contribution is 2.84. The number of aliphatic hydroxyl groups excluding tert-OH is 4. The lowest BCUT2D eigenvalue weighted by atomic mass is 9.38. The number of allylic oxidation sites excluding steroid dienone is 1.